The highest BCUT2D eigenvalue weighted by Gasteiger charge is 2.63. The van der Waals surface area contributed by atoms with Crippen molar-refractivity contribution in [1.82, 2.24) is 20.2 Å². The van der Waals surface area contributed by atoms with Crippen molar-refractivity contribution < 1.29 is 14.3 Å². The van der Waals surface area contributed by atoms with Crippen LogP contribution in [0.3, 0.4) is 0 Å². The van der Waals surface area contributed by atoms with E-state index in [9.17, 15) is 9.59 Å². The number of carbonyl (C=O) groups is 2. The number of aromatic nitrogens is 2. The van der Waals surface area contributed by atoms with E-state index < -0.39 is 0 Å². The molecule has 28 heavy (non-hydrogen) atoms. The van der Waals surface area contributed by atoms with Crippen LogP contribution in [0.15, 0.2) is 23.8 Å². The predicted octanol–water partition coefficient (Wildman–Crippen LogP) is 1.56. The molecule has 1 spiro atoms. The average molecular weight is 401 g/mol. The van der Waals surface area contributed by atoms with Crippen molar-refractivity contribution in [1.29, 1.82) is 0 Å². The van der Waals surface area contributed by atoms with Crippen LogP contribution in [0.5, 0.6) is 0 Å². The summed E-state index contributed by atoms with van der Waals surface area (Å²) >= 11 is 1.43. The topological polar surface area (TPSA) is 99.4 Å². The molecule has 0 saturated carbocycles. The van der Waals surface area contributed by atoms with E-state index in [0.29, 0.717) is 30.9 Å². The number of nitrogens with one attached hydrogen (secondary N) is 3. The van der Waals surface area contributed by atoms with E-state index in [1.165, 1.54) is 11.3 Å². The van der Waals surface area contributed by atoms with Gasteiger partial charge in [-0.2, -0.15) is 0 Å². The molecule has 2 aromatic rings. The van der Waals surface area contributed by atoms with Gasteiger partial charge in [-0.15, -0.1) is 11.3 Å². The van der Waals surface area contributed by atoms with Crippen LogP contribution in [-0.4, -0.2) is 65.1 Å². The first-order valence-electron chi connectivity index (χ1n) is 9.61. The molecule has 3 fully saturated rings. The lowest BCUT2D eigenvalue weighted by Gasteiger charge is -2.29. The number of hydrogen-bond acceptors (Lipinski definition) is 6. The molecule has 148 valence electrons. The number of thiazole rings is 1. The number of aromatic amines is 1. The van der Waals surface area contributed by atoms with Crippen LogP contribution in [0.1, 0.15) is 33.7 Å². The van der Waals surface area contributed by atoms with Gasteiger partial charge < -0.3 is 25.3 Å². The second-order valence-corrected chi connectivity index (χ2v) is 8.67. The number of carbonyl (C=O) groups excluding carboxylic acids is 2. The minimum Gasteiger partial charge on any atom is -0.369 e. The van der Waals surface area contributed by atoms with Gasteiger partial charge in [0.2, 0.25) is 0 Å². The zero-order valence-corrected chi connectivity index (χ0v) is 16.4. The Morgan fingerprint density at radius 3 is 3.14 bits per heavy atom. The molecule has 2 amide bonds. The molecular weight excluding hydrogens is 378 g/mol. The van der Waals surface area contributed by atoms with Gasteiger partial charge in [0, 0.05) is 49.7 Å². The standard InChI is InChI=1S/C19H23N5O3S/c1-20-18-23-14(9-28-18)17(26)24-8-13-12(15-2-4-19(13,10-24)27-15)7-22-16(25)11-3-5-21-6-11/h3,5-6,9,12-13,15,21H,2,4,7-8,10H2,1H3,(H,20,23)(H,22,25)/t12-,13+,15+,19+/m0/s1. The van der Waals surface area contributed by atoms with Gasteiger partial charge in [-0.05, 0) is 18.9 Å². The van der Waals surface area contributed by atoms with Crippen molar-refractivity contribution in [2.45, 2.75) is 24.5 Å². The van der Waals surface area contributed by atoms with E-state index in [2.05, 4.69) is 20.6 Å². The Morgan fingerprint density at radius 2 is 2.39 bits per heavy atom. The molecule has 2 bridgehead atoms. The van der Waals surface area contributed by atoms with E-state index in [1.807, 2.05) is 4.90 Å². The number of hydrogen-bond donors (Lipinski definition) is 3. The van der Waals surface area contributed by atoms with Gasteiger partial charge in [0.25, 0.3) is 11.8 Å². The molecule has 3 N–H and O–H groups in total. The molecular formula is C19H23N5O3S. The fourth-order valence-corrected chi connectivity index (χ4v) is 5.69. The van der Waals surface area contributed by atoms with E-state index in [1.54, 1.807) is 30.9 Å². The summed E-state index contributed by atoms with van der Waals surface area (Å²) in [4.78, 5) is 34.3. The Bertz CT molecular complexity index is 897. The fourth-order valence-electron chi connectivity index (χ4n) is 5.04. The normalized spacial score (nSPS) is 30.5. The minimum atomic E-state index is -0.258. The van der Waals surface area contributed by atoms with E-state index in [4.69, 9.17) is 4.74 Å². The van der Waals surface area contributed by atoms with Crippen molar-refractivity contribution >= 4 is 28.3 Å². The van der Waals surface area contributed by atoms with Gasteiger partial charge in [-0.1, -0.05) is 0 Å². The summed E-state index contributed by atoms with van der Waals surface area (Å²) in [7, 11) is 1.80. The third-order valence-corrected chi connectivity index (χ3v) is 7.23. The van der Waals surface area contributed by atoms with Crippen molar-refractivity contribution in [3.05, 3.63) is 35.1 Å². The molecule has 4 atom stereocenters. The van der Waals surface area contributed by atoms with Crippen molar-refractivity contribution in [3.8, 4) is 0 Å². The highest BCUT2D eigenvalue weighted by Crippen LogP contribution is 2.54. The average Bonchev–Trinajstić information content (AvgIpc) is 3.50. The van der Waals surface area contributed by atoms with Crippen LogP contribution < -0.4 is 10.6 Å². The predicted molar refractivity (Wildman–Crippen MR) is 105 cm³/mol. The SMILES string of the molecule is CNc1nc(C(=O)N2C[C@@H]3[C@H](CNC(=O)c4cc[nH]c4)[C@H]4CC[C@]3(C2)O4)cs1. The molecule has 0 unspecified atom stereocenters. The Morgan fingerprint density at radius 1 is 1.50 bits per heavy atom. The molecule has 0 aromatic carbocycles. The summed E-state index contributed by atoms with van der Waals surface area (Å²) in [6.45, 7) is 1.85. The highest BCUT2D eigenvalue weighted by atomic mass is 32.1. The van der Waals surface area contributed by atoms with Gasteiger partial charge >= 0.3 is 0 Å². The Kier molecular flexibility index (Phi) is 4.17. The number of amides is 2. The van der Waals surface area contributed by atoms with Crippen LogP contribution >= 0.6 is 11.3 Å². The minimum absolute atomic E-state index is 0.0383. The zero-order chi connectivity index (χ0) is 19.3. The maximum Gasteiger partial charge on any atom is 0.273 e. The zero-order valence-electron chi connectivity index (χ0n) is 15.6. The number of anilines is 1. The molecule has 8 nitrogen and oxygen atoms in total. The van der Waals surface area contributed by atoms with Gasteiger partial charge in [0.15, 0.2) is 5.13 Å². The lowest BCUT2D eigenvalue weighted by Crippen LogP contribution is -2.41. The van der Waals surface area contributed by atoms with E-state index >= 15 is 0 Å². The quantitative estimate of drug-likeness (QED) is 0.706. The number of fused-ring (bicyclic) bond motifs is 1. The summed E-state index contributed by atoms with van der Waals surface area (Å²) in [5, 5.41) is 8.56. The Balaban J connectivity index is 1.28. The summed E-state index contributed by atoms with van der Waals surface area (Å²) in [5.41, 5.74) is 0.856. The number of rotatable bonds is 5. The molecule has 5 heterocycles. The molecule has 9 heteroatoms. The van der Waals surface area contributed by atoms with Crippen molar-refractivity contribution in [3.63, 3.8) is 0 Å². The largest absolute Gasteiger partial charge is 0.369 e. The Hall–Kier alpha value is -2.39. The van der Waals surface area contributed by atoms with Crippen LogP contribution in [0.25, 0.3) is 0 Å². The van der Waals surface area contributed by atoms with Crippen molar-refractivity contribution in [2.75, 3.05) is 32.0 Å². The second-order valence-electron chi connectivity index (χ2n) is 7.81. The number of ether oxygens (including phenoxy) is 1. The maximum atomic E-state index is 12.9. The number of likely N-dealkylation sites (tertiary alicyclic amines) is 1. The van der Waals surface area contributed by atoms with Crippen LogP contribution in [-0.2, 0) is 4.74 Å². The molecule has 3 aliphatic heterocycles. The number of H-pyrrole nitrogens is 1. The summed E-state index contributed by atoms with van der Waals surface area (Å²) in [5.74, 6) is 0.372. The van der Waals surface area contributed by atoms with Crippen LogP contribution in [0.2, 0.25) is 0 Å². The van der Waals surface area contributed by atoms with Gasteiger partial charge in [-0.25, -0.2) is 4.98 Å². The van der Waals surface area contributed by atoms with Gasteiger partial charge in [0.1, 0.15) is 5.69 Å². The fraction of sp³-hybridized carbons (Fsp3) is 0.526. The second kappa shape index (κ2) is 6.59. The molecule has 3 saturated heterocycles. The summed E-state index contributed by atoms with van der Waals surface area (Å²) in [6, 6.07) is 1.76. The molecule has 5 rings (SSSR count). The first-order valence-corrected chi connectivity index (χ1v) is 10.5. The monoisotopic (exact) mass is 401 g/mol. The third kappa shape index (κ3) is 2.72. The lowest BCUT2D eigenvalue weighted by atomic mass is 9.73. The van der Waals surface area contributed by atoms with E-state index in [0.717, 1.165) is 18.0 Å². The first-order chi connectivity index (χ1) is 13.6. The van der Waals surface area contributed by atoms with Crippen LogP contribution in [0, 0.1) is 11.8 Å². The molecule has 2 aromatic heterocycles. The molecule has 0 aliphatic carbocycles. The van der Waals surface area contributed by atoms with Gasteiger partial charge in [0.05, 0.1) is 23.8 Å². The summed E-state index contributed by atoms with van der Waals surface area (Å²) in [6.07, 6.45) is 5.57. The highest BCUT2D eigenvalue weighted by molar-refractivity contribution is 7.13. The van der Waals surface area contributed by atoms with Crippen LogP contribution in [0.4, 0.5) is 5.13 Å². The van der Waals surface area contributed by atoms with E-state index in [-0.39, 0.29) is 35.4 Å². The molecule has 3 aliphatic rings. The summed E-state index contributed by atoms with van der Waals surface area (Å²) < 4.78 is 6.38. The van der Waals surface area contributed by atoms with Crippen molar-refractivity contribution in [2.24, 2.45) is 11.8 Å². The first kappa shape index (κ1) is 17.7. The smallest absolute Gasteiger partial charge is 0.273 e. The molecule has 0 radical (unpaired) electrons. The Labute approximate surface area is 166 Å². The number of nitrogens with zero attached hydrogens (tertiary/aromatic N) is 2. The van der Waals surface area contributed by atoms with Gasteiger partial charge in [-0.3, -0.25) is 9.59 Å². The third-order valence-electron chi connectivity index (χ3n) is 6.37. The lowest BCUT2D eigenvalue weighted by molar-refractivity contribution is 0.00312. The maximum absolute atomic E-state index is 12.9.